The first-order valence-electron chi connectivity index (χ1n) is 9.07. The van der Waals surface area contributed by atoms with E-state index in [1.807, 2.05) is 31.2 Å². The third-order valence-corrected chi connectivity index (χ3v) is 4.41. The van der Waals surface area contributed by atoms with Crippen LogP contribution in [0.5, 0.6) is 5.75 Å². The summed E-state index contributed by atoms with van der Waals surface area (Å²) in [5, 5.41) is 13.4. The number of hydrogen-bond donors (Lipinski definition) is 1. The molecule has 0 saturated heterocycles. The number of ether oxygens (including phenoxy) is 1. The number of nitrogens with zero attached hydrogens (tertiary/aromatic N) is 2. The van der Waals surface area contributed by atoms with Gasteiger partial charge in [0.25, 0.3) is 0 Å². The molecular weight excluding hydrogens is 348 g/mol. The van der Waals surface area contributed by atoms with Crippen LogP contribution in [0.15, 0.2) is 45.6 Å². The van der Waals surface area contributed by atoms with E-state index < -0.39 is 17.3 Å². The monoisotopic (exact) mass is 374 g/mol. The lowest BCUT2D eigenvalue weighted by molar-refractivity contribution is -0.154. The van der Waals surface area contributed by atoms with Crippen LogP contribution in [0.2, 0.25) is 0 Å². The molecule has 0 aliphatic carbocycles. The summed E-state index contributed by atoms with van der Waals surface area (Å²) in [4.78, 5) is 23.0. The highest BCUT2D eigenvalue weighted by Crippen LogP contribution is 2.22. The molecule has 0 saturated carbocycles. The Morgan fingerprint density at radius 2 is 2.04 bits per heavy atom. The lowest BCUT2D eigenvalue weighted by atomic mass is 10.0. The Morgan fingerprint density at radius 3 is 2.63 bits per heavy atom. The Labute approximate surface area is 158 Å². The molecule has 0 spiro atoms. The van der Waals surface area contributed by atoms with Gasteiger partial charge in [0, 0.05) is 6.42 Å². The number of carbonyl (C=O) groups is 1. The zero-order valence-electron chi connectivity index (χ0n) is 16.0. The summed E-state index contributed by atoms with van der Waals surface area (Å²) in [6.45, 7) is 5.63. The second-order valence-corrected chi connectivity index (χ2v) is 6.50. The average Bonchev–Trinajstić information content (AvgIpc) is 3.00. The van der Waals surface area contributed by atoms with Crippen molar-refractivity contribution in [3.63, 3.8) is 0 Å². The van der Waals surface area contributed by atoms with E-state index in [-0.39, 0.29) is 0 Å². The molecule has 7 heteroatoms. The Balaban J connectivity index is 1.88. The number of carboxylic acids is 1. The summed E-state index contributed by atoms with van der Waals surface area (Å²) in [6, 6.07) is 7.37. The topological polar surface area (TPSA) is 94.6 Å². The number of rotatable bonds is 10. The lowest BCUT2D eigenvalue weighted by Crippen LogP contribution is -2.40. The van der Waals surface area contributed by atoms with Gasteiger partial charge in [-0.15, -0.1) is 5.10 Å². The quantitative estimate of drug-likeness (QED) is 0.642. The van der Waals surface area contributed by atoms with E-state index in [4.69, 9.17) is 9.15 Å². The summed E-state index contributed by atoms with van der Waals surface area (Å²) in [5.74, 6) is -0.463. The van der Waals surface area contributed by atoms with Crippen LogP contribution in [0.25, 0.3) is 0 Å². The van der Waals surface area contributed by atoms with Crippen molar-refractivity contribution >= 4 is 5.97 Å². The fourth-order valence-electron chi connectivity index (χ4n) is 2.47. The molecule has 27 heavy (non-hydrogen) atoms. The highest BCUT2D eigenvalue weighted by atomic mass is 16.5. The van der Waals surface area contributed by atoms with E-state index in [1.54, 1.807) is 26.0 Å². The molecule has 1 heterocycles. The molecule has 1 unspecified atom stereocenters. The highest BCUT2D eigenvalue weighted by Gasteiger charge is 2.33. The minimum Gasteiger partial charge on any atom is -0.478 e. The second-order valence-electron chi connectivity index (χ2n) is 6.50. The second kappa shape index (κ2) is 9.21. The number of allylic oxidation sites excluding steroid dienone is 2. The first-order valence-corrected chi connectivity index (χ1v) is 9.07. The number of aliphatic carboxylic acids is 1. The molecule has 1 aromatic carbocycles. The molecule has 2 rings (SSSR count). The molecule has 1 N–H and O–H groups in total. The molecule has 0 amide bonds. The summed E-state index contributed by atoms with van der Waals surface area (Å²) >= 11 is 0. The fourth-order valence-corrected chi connectivity index (χ4v) is 2.47. The van der Waals surface area contributed by atoms with E-state index in [0.29, 0.717) is 31.0 Å². The minimum absolute atomic E-state index is 0.371. The number of carboxylic acid groups (broad SMARTS) is 1. The number of benzene rings is 1. The average molecular weight is 374 g/mol. The first kappa shape index (κ1) is 20.5. The number of aryl methyl sites for hydroxylation is 2. The molecule has 0 bridgehead atoms. The predicted octanol–water partition coefficient (Wildman–Crippen LogP) is 3.22. The van der Waals surface area contributed by atoms with E-state index in [9.17, 15) is 14.7 Å². The Hall–Kier alpha value is -2.83. The lowest BCUT2D eigenvalue weighted by Gasteiger charge is -2.24. The van der Waals surface area contributed by atoms with Gasteiger partial charge in [-0.3, -0.25) is 0 Å². The zero-order valence-corrected chi connectivity index (χ0v) is 16.0. The number of aromatic nitrogens is 2. The maximum absolute atomic E-state index is 11.6. The molecule has 1 aromatic heterocycles. The molecule has 2 aromatic rings. The van der Waals surface area contributed by atoms with Crippen molar-refractivity contribution < 1.29 is 19.1 Å². The van der Waals surface area contributed by atoms with Crippen LogP contribution < -0.4 is 10.5 Å². The third kappa shape index (κ3) is 5.57. The van der Waals surface area contributed by atoms with Gasteiger partial charge in [0.15, 0.2) is 0 Å². The zero-order chi connectivity index (χ0) is 19.9. The molecule has 0 aliphatic heterocycles. The van der Waals surface area contributed by atoms with Gasteiger partial charge in [-0.25, -0.2) is 9.59 Å². The maximum Gasteiger partial charge on any atom is 0.437 e. The van der Waals surface area contributed by atoms with Gasteiger partial charge < -0.3 is 14.3 Å². The predicted molar refractivity (Wildman–Crippen MR) is 101 cm³/mol. The SMILES string of the molecule is C/C=C/Cn1nc(CCCc2ccc(OC(C)(CC)C(=O)O)cc2)oc1=O. The Kier molecular flexibility index (Phi) is 6.98. The first-order chi connectivity index (χ1) is 12.9. The minimum atomic E-state index is -1.23. The third-order valence-electron chi connectivity index (χ3n) is 4.41. The van der Waals surface area contributed by atoms with Crippen molar-refractivity contribution in [2.45, 2.75) is 58.6 Å². The van der Waals surface area contributed by atoms with Crippen LogP contribution in [0.3, 0.4) is 0 Å². The van der Waals surface area contributed by atoms with Crippen LogP contribution in [-0.2, 0) is 24.2 Å². The summed E-state index contributed by atoms with van der Waals surface area (Å²) in [5.41, 5.74) is -0.142. The Morgan fingerprint density at radius 1 is 1.33 bits per heavy atom. The molecule has 7 nitrogen and oxygen atoms in total. The van der Waals surface area contributed by atoms with Gasteiger partial charge in [-0.2, -0.15) is 4.68 Å². The summed E-state index contributed by atoms with van der Waals surface area (Å²) in [7, 11) is 0. The van der Waals surface area contributed by atoms with Crippen molar-refractivity contribution in [3.8, 4) is 5.75 Å². The van der Waals surface area contributed by atoms with Crippen LogP contribution >= 0.6 is 0 Å². The van der Waals surface area contributed by atoms with Crippen LogP contribution in [-0.4, -0.2) is 26.5 Å². The van der Waals surface area contributed by atoms with Gasteiger partial charge in [0.05, 0.1) is 6.54 Å². The van der Waals surface area contributed by atoms with Crippen LogP contribution in [0.1, 0.15) is 45.1 Å². The van der Waals surface area contributed by atoms with E-state index >= 15 is 0 Å². The fraction of sp³-hybridized carbons (Fsp3) is 0.450. The van der Waals surface area contributed by atoms with Gasteiger partial charge in [-0.1, -0.05) is 31.2 Å². The van der Waals surface area contributed by atoms with Gasteiger partial charge in [-0.05, 0) is 50.8 Å². The maximum atomic E-state index is 11.6. The summed E-state index contributed by atoms with van der Waals surface area (Å²) in [6.07, 6.45) is 6.21. The standard InChI is InChI=1S/C20H26N2O5/c1-4-6-14-22-19(25)26-17(21-22)9-7-8-15-10-12-16(13-11-15)27-20(3,5-2)18(23)24/h4,6,10-13H,5,7-9,14H2,1-3H3,(H,23,24)/b6-4+. The summed E-state index contributed by atoms with van der Waals surface area (Å²) < 4.78 is 12.1. The van der Waals surface area contributed by atoms with Gasteiger partial charge in [0.2, 0.25) is 11.5 Å². The van der Waals surface area contributed by atoms with E-state index in [0.717, 1.165) is 18.4 Å². The van der Waals surface area contributed by atoms with Gasteiger partial charge >= 0.3 is 11.7 Å². The largest absolute Gasteiger partial charge is 0.478 e. The smallest absolute Gasteiger partial charge is 0.437 e. The van der Waals surface area contributed by atoms with Crippen LogP contribution in [0.4, 0.5) is 0 Å². The Bertz CT molecular complexity index is 835. The normalized spacial score (nSPS) is 13.6. The number of hydrogen-bond acceptors (Lipinski definition) is 5. The molecule has 1 atom stereocenters. The van der Waals surface area contributed by atoms with E-state index in [1.165, 1.54) is 4.68 Å². The molecule has 0 fully saturated rings. The molecule has 0 aliphatic rings. The molecular formula is C20H26N2O5. The van der Waals surface area contributed by atoms with Crippen molar-refractivity contribution in [2.24, 2.45) is 0 Å². The van der Waals surface area contributed by atoms with Gasteiger partial charge in [0.1, 0.15) is 5.75 Å². The van der Waals surface area contributed by atoms with Crippen LogP contribution in [0, 0.1) is 0 Å². The highest BCUT2D eigenvalue weighted by molar-refractivity contribution is 5.77. The molecule has 146 valence electrons. The van der Waals surface area contributed by atoms with Crippen molar-refractivity contribution in [2.75, 3.05) is 0 Å². The van der Waals surface area contributed by atoms with Crippen molar-refractivity contribution in [1.29, 1.82) is 0 Å². The van der Waals surface area contributed by atoms with Crippen molar-refractivity contribution in [1.82, 2.24) is 9.78 Å². The molecule has 0 radical (unpaired) electrons. The van der Waals surface area contributed by atoms with Crippen molar-refractivity contribution in [3.05, 3.63) is 58.4 Å². The van der Waals surface area contributed by atoms with E-state index in [2.05, 4.69) is 5.10 Å².